The van der Waals surface area contributed by atoms with Crippen molar-refractivity contribution in [1.29, 1.82) is 0 Å². The second-order valence-corrected chi connectivity index (χ2v) is 6.98. The number of amides is 1. The zero-order valence-electron chi connectivity index (χ0n) is 16.1. The van der Waals surface area contributed by atoms with Gasteiger partial charge < -0.3 is 14.7 Å². The molecule has 0 radical (unpaired) electrons. The van der Waals surface area contributed by atoms with Crippen molar-refractivity contribution in [3.05, 3.63) is 88.2 Å². The number of benzene rings is 2. The minimum absolute atomic E-state index is 0.128. The molecule has 1 amide bonds. The van der Waals surface area contributed by atoms with Crippen LogP contribution in [-0.2, 0) is 11.3 Å². The van der Waals surface area contributed by atoms with Gasteiger partial charge in [0.2, 0.25) is 0 Å². The number of pyridine rings is 2. The van der Waals surface area contributed by atoms with Gasteiger partial charge in [-0.15, -0.1) is 0 Å². The van der Waals surface area contributed by atoms with E-state index in [1.807, 2.05) is 0 Å². The normalized spacial score (nSPS) is 12.1. The molecule has 6 nitrogen and oxygen atoms in total. The molecule has 1 atom stereocenters. The lowest BCUT2D eigenvalue weighted by Crippen LogP contribution is -2.27. The highest BCUT2D eigenvalue weighted by atomic mass is 19.1. The predicted octanol–water partition coefficient (Wildman–Crippen LogP) is 3.38. The molecule has 2 heterocycles. The van der Waals surface area contributed by atoms with Gasteiger partial charge in [-0.05, 0) is 48.2 Å². The first kappa shape index (κ1) is 19.4. The third-order valence-electron chi connectivity index (χ3n) is 5.11. The topological polar surface area (TPSA) is 81.1 Å². The predicted molar refractivity (Wildman–Crippen MR) is 112 cm³/mol. The maximum Gasteiger partial charge on any atom is 0.260 e. The van der Waals surface area contributed by atoms with Crippen molar-refractivity contribution in [2.75, 3.05) is 0 Å². The fourth-order valence-corrected chi connectivity index (χ4v) is 3.55. The fraction of sp³-hybridized carbons (Fsp3) is 0.130. The Hall–Kier alpha value is -3.87. The molecule has 0 fully saturated rings. The molecule has 0 aliphatic carbocycles. The number of fused-ring (bicyclic) bond motifs is 3. The van der Waals surface area contributed by atoms with E-state index in [1.165, 1.54) is 22.9 Å². The summed E-state index contributed by atoms with van der Waals surface area (Å²) in [5.41, 5.74) is 1.27. The highest BCUT2D eigenvalue weighted by Crippen LogP contribution is 2.24. The molecule has 30 heavy (non-hydrogen) atoms. The van der Waals surface area contributed by atoms with Crippen LogP contribution in [0.4, 0.5) is 4.39 Å². The van der Waals surface area contributed by atoms with Crippen molar-refractivity contribution in [1.82, 2.24) is 14.9 Å². The highest BCUT2D eigenvalue weighted by molar-refractivity contribution is 6.08. The third-order valence-corrected chi connectivity index (χ3v) is 5.11. The molecule has 0 bridgehead atoms. The van der Waals surface area contributed by atoms with Gasteiger partial charge >= 0.3 is 0 Å². The Morgan fingerprint density at radius 1 is 1.13 bits per heavy atom. The average Bonchev–Trinajstić information content (AvgIpc) is 2.76. The molecule has 0 saturated carbocycles. The number of aromatic nitrogens is 2. The summed E-state index contributed by atoms with van der Waals surface area (Å²) in [6, 6.07) is 12.3. The summed E-state index contributed by atoms with van der Waals surface area (Å²) in [4.78, 5) is 40.8. The SMILES string of the molecule is CC(NC(=O)c1ccc2c3ccncc3c(=O)n(CC=O)c2c1)c1ccc(F)cc1. The number of rotatable bonds is 5. The molecular formula is C23H18FN3O3. The minimum atomic E-state index is -0.345. The Morgan fingerprint density at radius 2 is 1.90 bits per heavy atom. The number of nitrogens with zero attached hydrogens (tertiary/aromatic N) is 2. The van der Waals surface area contributed by atoms with Crippen LogP contribution in [0.2, 0.25) is 0 Å². The lowest BCUT2D eigenvalue weighted by Gasteiger charge is -2.16. The first-order valence-corrected chi connectivity index (χ1v) is 9.40. The Bertz CT molecular complexity index is 1330. The number of nitrogens with one attached hydrogen (secondary N) is 1. The molecule has 1 unspecified atom stereocenters. The molecule has 0 spiro atoms. The number of carbonyl (C=O) groups excluding carboxylic acids is 2. The van der Waals surface area contributed by atoms with Gasteiger partial charge in [-0.2, -0.15) is 0 Å². The minimum Gasteiger partial charge on any atom is -0.346 e. The van der Waals surface area contributed by atoms with E-state index in [0.29, 0.717) is 28.1 Å². The number of aldehydes is 1. The molecular weight excluding hydrogens is 385 g/mol. The molecule has 1 N–H and O–H groups in total. The number of halogens is 1. The average molecular weight is 403 g/mol. The lowest BCUT2D eigenvalue weighted by atomic mass is 10.0. The van der Waals surface area contributed by atoms with E-state index >= 15 is 0 Å². The van der Waals surface area contributed by atoms with Gasteiger partial charge in [-0.3, -0.25) is 14.6 Å². The molecule has 7 heteroatoms. The summed E-state index contributed by atoms with van der Waals surface area (Å²) in [5.74, 6) is -0.684. The number of carbonyl (C=O) groups is 2. The fourth-order valence-electron chi connectivity index (χ4n) is 3.55. The van der Waals surface area contributed by atoms with Crippen molar-refractivity contribution < 1.29 is 14.0 Å². The van der Waals surface area contributed by atoms with Gasteiger partial charge in [0, 0.05) is 23.3 Å². The Labute approximate surface area is 171 Å². The summed E-state index contributed by atoms with van der Waals surface area (Å²) in [6.07, 6.45) is 3.71. The maximum atomic E-state index is 13.1. The number of hydrogen-bond donors (Lipinski definition) is 1. The van der Waals surface area contributed by atoms with E-state index < -0.39 is 0 Å². The maximum absolute atomic E-state index is 13.1. The van der Waals surface area contributed by atoms with Crippen molar-refractivity contribution in [2.45, 2.75) is 19.5 Å². The second kappa shape index (κ2) is 7.87. The highest BCUT2D eigenvalue weighted by Gasteiger charge is 2.15. The first-order chi connectivity index (χ1) is 14.5. The summed E-state index contributed by atoms with van der Waals surface area (Å²) in [6.45, 7) is 1.67. The molecule has 0 saturated heterocycles. The summed E-state index contributed by atoms with van der Waals surface area (Å²) in [7, 11) is 0. The molecule has 4 rings (SSSR count). The third kappa shape index (κ3) is 3.45. The van der Waals surface area contributed by atoms with Crippen LogP contribution in [0.3, 0.4) is 0 Å². The molecule has 150 valence electrons. The lowest BCUT2D eigenvalue weighted by molar-refractivity contribution is -0.108. The molecule has 0 aliphatic rings. The molecule has 0 aliphatic heterocycles. The van der Waals surface area contributed by atoms with Crippen LogP contribution in [0.1, 0.15) is 28.9 Å². The van der Waals surface area contributed by atoms with Crippen molar-refractivity contribution >= 4 is 33.9 Å². The van der Waals surface area contributed by atoms with E-state index in [4.69, 9.17) is 0 Å². The summed E-state index contributed by atoms with van der Waals surface area (Å²) in [5, 5.41) is 4.74. The van der Waals surface area contributed by atoms with E-state index in [9.17, 15) is 18.8 Å². The van der Waals surface area contributed by atoms with Gasteiger partial charge in [0.25, 0.3) is 11.5 Å². The van der Waals surface area contributed by atoms with Gasteiger partial charge in [0.05, 0.1) is 23.5 Å². The standard InChI is InChI=1S/C23H18FN3O3/c1-14(15-2-5-17(24)6-3-15)26-22(29)16-4-7-19-18-8-9-25-13-20(18)23(30)27(10-11-28)21(19)12-16/h2-9,11-14H,10H2,1H3,(H,26,29). The van der Waals surface area contributed by atoms with Crippen LogP contribution in [-0.4, -0.2) is 21.7 Å². The quantitative estimate of drug-likeness (QED) is 0.409. The van der Waals surface area contributed by atoms with Gasteiger partial charge in [-0.1, -0.05) is 18.2 Å². The Morgan fingerprint density at radius 3 is 2.63 bits per heavy atom. The molecule has 2 aromatic heterocycles. The van der Waals surface area contributed by atoms with Crippen LogP contribution in [0.5, 0.6) is 0 Å². The number of hydrogen-bond acceptors (Lipinski definition) is 4. The van der Waals surface area contributed by atoms with Gasteiger partial charge in [-0.25, -0.2) is 4.39 Å². The smallest absolute Gasteiger partial charge is 0.260 e. The zero-order chi connectivity index (χ0) is 21.3. The zero-order valence-corrected chi connectivity index (χ0v) is 16.1. The van der Waals surface area contributed by atoms with E-state index in [1.54, 1.807) is 49.5 Å². The van der Waals surface area contributed by atoms with Crippen molar-refractivity contribution in [2.24, 2.45) is 0 Å². The van der Waals surface area contributed by atoms with E-state index in [-0.39, 0.29) is 29.9 Å². The van der Waals surface area contributed by atoms with Crippen molar-refractivity contribution in [3.8, 4) is 0 Å². The van der Waals surface area contributed by atoms with Crippen LogP contribution in [0, 0.1) is 5.82 Å². The van der Waals surface area contributed by atoms with E-state index in [0.717, 1.165) is 10.9 Å². The van der Waals surface area contributed by atoms with E-state index in [2.05, 4.69) is 10.3 Å². The van der Waals surface area contributed by atoms with Gasteiger partial charge in [0.15, 0.2) is 0 Å². The molecule has 4 aromatic rings. The second-order valence-electron chi connectivity index (χ2n) is 6.98. The summed E-state index contributed by atoms with van der Waals surface area (Å²) >= 11 is 0. The molecule has 2 aromatic carbocycles. The first-order valence-electron chi connectivity index (χ1n) is 9.40. The van der Waals surface area contributed by atoms with Gasteiger partial charge in [0.1, 0.15) is 12.1 Å². The van der Waals surface area contributed by atoms with Crippen LogP contribution in [0.15, 0.2) is 65.7 Å². The Balaban J connectivity index is 1.77. The Kier molecular flexibility index (Phi) is 5.10. The van der Waals surface area contributed by atoms with Crippen LogP contribution in [0.25, 0.3) is 21.7 Å². The summed E-state index contributed by atoms with van der Waals surface area (Å²) < 4.78 is 14.5. The van der Waals surface area contributed by atoms with Crippen LogP contribution >= 0.6 is 0 Å². The van der Waals surface area contributed by atoms with Crippen molar-refractivity contribution in [3.63, 3.8) is 0 Å². The largest absolute Gasteiger partial charge is 0.346 e. The van der Waals surface area contributed by atoms with Crippen LogP contribution < -0.4 is 10.9 Å². The monoisotopic (exact) mass is 403 g/mol.